The summed E-state index contributed by atoms with van der Waals surface area (Å²) in [6, 6.07) is 0. The highest BCUT2D eigenvalue weighted by Gasteiger charge is 2.37. The second-order valence-corrected chi connectivity index (χ2v) is 21.2. The molecule has 11 nitrogen and oxygen atoms in total. The molecule has 3 saturated carbocycles. The van der Waals surface area contributed by atoms with E-state index in [1.54, 1.807) is 0 Å². The normalized spacial score (nSPS) is 22.7. The van der Waals surface area contributed by atoms with Gasteiger partial charge in [0.25, 0.3) is 0 Å². The number of fused-ring (bicyclic) bond motifs is 1. The van der Waals surface area contributed by atoms with Crippen LogP contribution in [0.25, 0.3) is 0 Å². The van der Waals surface area contributed by atoms with E-state index in [4.69, 9.17) is 24.1 Å². The largest absolute Gasteiger partial charge is 0.481 e. The number of aliphatic hydroxyl groups excluding tert-OH is 1. The molecule has 73 heavy (non-hydrogen) atoms. The summed E-state index contributed by atoms with van der Waals surface area (Å²) in [4.78, 5) is 55.3. The molecule has 5 rings (SSSR count). The quantitative estimate of drug-likeness (QED) is 0.0250. The van der Waals surface area contributed by atoms with Crippen molar-refractivity contribution in [1.82, 2.24) is 0 Å². The molecule has 0 aromatic heterocycles. The molecule has 1 aliphatic heterocycles. The van der Waals surface area contributed by atoms with E-state index in [0.29, 0.717) is 37.9 Å². The number of esters is 3. The molecule has 0 bridgehead atoms. The monoisotopic (exact) mass is 1030 g/mol. The lowest BCUT2D eigenvalue weighted by atomic mass is 9.96. The van der Waals surface area contributed by atoms with Crippen LogP contribution in [0.3, 0.4) is 0 Å². The van der Waals surface area contributed by atoms with Gasteiger partial charge < -0.3 is 34.0 Å². The first-order chi connectivity index (χ1) is 35.6. The molecule has 0 aromatic carbocycles. The molecule has 5 aliphatic rings. The fourth-order valence-corrected chi connectivity index (χ4v) is 9.34. The van der Waals surface area contributed by atoms with Crippen molar-refractivity contribution in [3.05, 3.63) is 12.2 Å². The molecule has 0 spiro atoms. The minimum Gasteiger partial charge on any atom is -0.481 e. The van der Waals surface area contributed by atoms with Gasteiger partial charge in [-0.1, -0.05) is 182 Å². The minimum atomic E-state index is -0.682. The van der Waals surface area contributed by atoms with Crippen LogP contribution in [-0.4, -0.2) is 77.0 Å². The molecule has 6 unspecified atom stereocenters. The van der Waals surface area contributed by atoms with E-state index in [9.17, 15) is 29.1 Å². The van der Waals surface area contributed by atoms with Gasteiger partial charge in [0.2, 0.25) is 0 Å². The summed E-state index contributed by atoms with van der Waals surface area (Å²) < 4.78 is 22.2. The Morgan fingerprint density at radius 3 is 1.15 bits per heavy atom. The van der Waals surface area contributed by atoms with E-state index in [1.165, 1.54) is 116 Å². The fraction of sp³-hybridized carbons (Fsp3) is 0.887. The molecule has 0 radical (unpaired) electrons. The lowest BCUT2D eigenvalue weighted by Crippen LogP contribution is -2.36. The number of carboxylic acids is 1. The number of carboxylic acid groups (broad SMARTS) is 1. The number of hydrogen-bond acceptors (Lipinski definition) is 10. The first kappa shape index (κ1) is 70.2. The molecule has 11 heteroatoms. The zero-order valence-corrected chi connectivity index (χ0v) is 47.9. The maximum absolute atomic E-state index is 12.1. The minimum absolute atomic E-state index is 0.136. The summed E-state index contributed by atoms with van der Waals surface area (Å²) in [7, 11) is 0. The van der Waals surface area contributed by atoms with Crippen LogP contribution in [0.15, 0.2) is 12.2 Å². The van der Waals surface area contributed by atoms with Crippen molar-refractivity contribution in [1.29, 1.82) is 0 Å². The van der Waals surface area contributed by atoms with Crippen LogP contribution in [0.5, 0.6) is 0 Å². The first-order valence-electron chi connectivity index (χ1n) is 30.8. The molecule has 1 saturated heterocycles. The average Bonchev–Trinajstić information content (AvgIpc) is 4.08. The molecule has 0 aromatic rings. The summed E-state index contributed by atoms with van der Waals surface area (Å²) in [5.74, 6) is -1.09. The van der Waals surface area contributed by atoms with Crippen molar-refractivity contribution < 1.29 is 53.1 Å². The smallest absolute Gasteiger partial charge is 0.306 e. The van der Waals surface area contributed by atoms with E-state index in [0.717, 1.165) is 148 Å². The molecule has 6 atom stereocenters. The van der Waals surface area contributed by atoms with Gasteiger partial charge in [-0.3, -0.25) is 19.2 Å². The van der Waals surface area contributed by atoms with Gasteiger partial charge in [-0.15, -0.1) is 0 Å². The maximum atomic E-state index is 12.1. The van der Waals surface area contributed by atoms with Crippen LogP contribution in [0.1, 0.15) is 317 Å². The average molecular weight is 1040 g/mol. The predicted molar refractivity (Wildman–Crippen MR) is 299 cm³/mol. The standard InChI is InChI=1S/C20H36O4.C14H26O3.C8H14O.C8H14.C6H12O2.C6H12O/c1-3-5-9-15-19(21)23-17-13-11-7-8-12-14-18(17)24-20(22)16-10-6-4-2;1-2-3-6-11-14(16)17-13-10-8-5-4-7-9-12(13)15;1-2-4-6-8-7(9-8)5-3-1;1-2-4-6-8-7-5-3-1;1-2-3-4-5-6(7)8;1-2-3-4-5-6-7/h17-18H,3-16H2,1-2H3;12-13,15H,2-11H2,1H3;7-8H,1-6H2;1-2H,3-8H2;2-5H2,1H3,(H,7,8);6H,2-5H2,1H3. The Balaban J connectivity index is 0.000000915. The number of aliphatic carboxylic acids is 1. The number of allylic oxidation sites excluding steroid dienone is 2. The number of unbranched alkanes of at least 4 members (excludes halogenated alkanes) is 11. The summed E-state index contributed by atoms with van der Waals surface area (Å²) in [6.45, 7) is 10.5. The maximum Gasteiger partial charge on any atom is 0.306 e. The molecule has 0 amide bonds. The van der Waals surface area contributed by atoms with Gasteiger partial charge in [-0.25, -0.2) is 0 Å². The highest BCUT2D eigenvalue weighted by atomic mass is 16.6. The Labute approximate surface area is 447 Å². The second kappa shape index (κ2) is 52.6. The van der Waals surface area contributed by atoms with Crippen molar-refractivity contribution in [2.24, 2.45) is 0 Å². The number of carbonyl (C=O) groups excluding carboxylic acids is 4. The summed E-state index contributed by atoms with van der Waals surface area (Å²) in [6.07, 6.45) is 52.7. The number of aliphatic hydroxyl groups is 1. The van der Waals surface area contributed by atoms with Crippen LogP contribution in [-0.2, 0) is 42.9 Å². The van der Waals surface area contributed by atoms with Crippen LogP contribution in [0.2, 0.25) is 0 Å². The molecule has 4 fully saturated rings. The first-order valence-corrected chi connectivity index (χ1v) is 30.8. The second-order valence-electron chi connectivity index (χ2n) is 21.2. The van der Waals surface area contributed by atoms with Crippen LogP contribution in [0.4, 0.5) is 0 Å². The Morgan fingerprint density at radius 1 is 0.438 bits per heavy atom. The van der Waals surface area contributed by atoms with Crippen molar-refractivity contribution in [3.8, 4) is 0 Å². The number of aldehydes is 1. The van der Waals surface area contributed by atoms with Crippen molar-refractivity contribution in [2.75, 3.05) is 0 Å². The third-order valence-corrected chi connectivity index (χ3v) is 14.1. The fourth-order valence-electron chi connectivity index (χ4n) is 9.34. The molecular weight excluding hydrogens is 921 g/mol. The number of carbonyl (C=O) groups is 5. The molecular formula is C62H114O11. The number of ether oxygens (including phenoxy) is 4. The van der Waals surface area contributed by atoms with Gasteiger partial charge in [-0.2, -0.15) is 0 Å². The van der Waals surface area contributed by atoms with Gasteiger partial charge >= 0.3 is 23.9 Å². The molecule has 4 aliphatic carbocycles. The third-order valence-electron chi connectivity index (χ3n) is 14.1. The van der Waals surface area contributed by atoms with E-state index >= 15 is 0 Å². The molecule has 1 heterocycles. The van der Waals surface area contributed by atoms with Crippen molar-refractivity contribution >= 4 is 30.2 Å². The Kier molecular flexibility index (Phi) is 50.6. The zero-order valence-electron chi connectivity index (χ0n) is 47.9. The summed E-state index contributed by atoms with van der Waals surface area (Å²) in [5.41, 5.74) is 0. The van der Waals surface area contributed by atoms with Gasteiger partial charge in [-0.05, 0) is 116 Å². The lowest BCUT2D eigenvalue weighted by molar-refractivity contribution is -0.170. The Bertz CT molecular complexity index is 1260. The van der Waals surface area contributed by atoms with Crippen LogP contribution in [0, 0.1) is 0 Å². The Morgan fingerprint density at radius 2 is 0.767 bits per heavy atom. The van der Waals surface area contributed by atoms with Crippen LogP contribution >= 0.6 is 0 Å². The zero-order chi connectivity index (χ0) is 53.8. The SMILES string of the molecule is C1=CCCCCCC1.C1CCCC2OC2CC1.CCCCCC(=O)O.CCCCCC(=O)OC1CCCCCCC1O.CCCCCC(=O)OC1CCCCCCC1OC(=O)CCCCC.CCCCCC=O. The van der Waals surface area contributed by atoms with Gasteiger partial charge in [0.1, 0.15) is 24.6 Å². The number of hydrogen-bond donors (Lipinski definition) is 2. The predicted octanol–water partition coefficient (Wildman–Crippen LogP) is 16.9. The number of rotatable bonds is 23. The Hall–Kier alpha value is -2.79. The summed E-state index contributed by atoms with van der Waals surface area (Å²) >= 11 is 0. The number of epoxide rings is 1. The lowest BCUT2D eigenvalue weighted by Gasteiger charge is -2.29. The van der Waals surface area contributed by atoms with E-state index in [2.05, 4.69) is 46.8 Å². The van der Waals surface area contributed by atoms with Gasteiger partial charge in [0.15, 0.2) is 0 Å². The van der Waals surface area contributed by atoms with Crippen LogP contribution < -0.4 is 0 Å². The highest BCUT2D eigenvalue weighted by molar-refractivity contribution is 5.71. The van der Waals surface area contributed by atoms with E-state index < -0.39 is 12.1 Å². The summed E-state index contributed by atoms with van der Waals surface area (Å²) in [5, 5.41) is 18.1. The van der Waals surface area contributed by atoms with Crippen molar-refractivity contribution in [3.63, 3.8) is 0 Å². The molecule has 2 N–H and O–H groups in total. The topological polar surface area (TPSA) is 166 Å². The van der Waals surface area contributed by atoms with E-state index in [-0.39, 0.29) is 36.2 Å². The highest BCUT2D eigenvalue weighted by Crippen LogP contribution is 2.34. The third kappa shape index (κ3) is 46.3. The van der Waals surface area contributed by atoms with Gasteiger partial charge in [0.05, 0.1) is 18.3 Å². The van der Waals surface area contributed by atoms with Gasteiger partial charge in [0, 0.05) is 32.1 Å². The van der Waals surface area contributed by atoms with Crippen molar-refractivity contribution in [2.45, 2.75) is 354 Å². The molecule has 428 valence electrons. The van der Waals surface area contributed by atoms with E-state index in [1.807, 2.05) is 0 Å².